The van der Waals surface area contributed by atoms with Gasteiger partial charge in [0.05, 0.1) is 12.0 Å². The number of halogens is 1. The Morgan fingerprint density at radius 3 is 2.64 bits per heavy atom. The Labute approximate surface area is 88.0 Å². The molecule has 1 heterocycles. The molecule has 0 unspecified atom stereocenters. The van der Waals surface area contributed by atoms with Gasteiger partial charge in [0.1, 0.15) is 0 Å². The molecule has 0 saturated heterocycles. The normalized spacial score (nSPS) is 10.4. The maximum Gasteiger partial charge on any atom is 0.0929 e. The van der Waals surface area contributed by atoms with Crippen molar-refractivity contribution < 1.29 is 0 Å². The first-order valence-corrected chi connectivity index (χ1v) is 4.97. The summed E-state index contributed by atoms with van der Waals surface area (Å²) >= 11 is 5.82. The average molecular weight is 207 g/mol. The van der Waals surface area contributed by atoms with Gasteiger partial charge in [-0.3, -0.25) is 0 Å². The van der Waals surface area contributed by atoms with Gasteiger partial charge in [0.25, 0.3) is 0 Å². The van der Waals surface area contributed by atoms with E-state index in [1.165, 1.54) is 0 Å². The summed E-state index contributed by atoms with van der Waals surface area (Å²) in [4.78, 5) is 7.41. The molecule has 0 amide bonds. The van der Waals surface area contributed by atoms with E-state index in [0.717, 1.165) is 28.4 Å². The summed E-state index contributed by atoms with van der Waals surface area (Å²) in [5, 5.41) is 0.752. The van der Waals surface area contributed by atoms with Crippen LogP contribution in [0.1, 0.15) is 12.6 Å². The molecule has 0 bridgehead atoms. The second kappa shape index (κ2) is 3.84. The van der Waals surface area contributed by atoms with Crippen molar-refractivity contribution in [3.8, 4) is 11.3 Å². The van der Waals surface area contributed by atoms with Crippen LogP contribution in [0.15, 0.2) is 30.6 Å². The van der Waals surface area contributed by atoms with Gasteiger partial charge < -0.3 is 4.98 Å². The molecule has 72 valence electrons. The predicted molar refractivity (Wildman–Crippen MR) is 58.4 cm³/mol. The molecule has 2 rings (SSSR count). The second-order valence-corrected chi connectivity index (χ2v) is 3.53. The number of nitrogens with zero attached hydrogens (tertiary/aromatic N) is 1. The standard InChI is InChI=1S/C11H11ClN2/c1-2-10-11(14-7-13-10)8-3-5-9(12)6-4-8/h3-7H,2H2,1H3,(H,13,14). The molecule has 0 aliphatic heterocycles. The van der Waals surface area contributed by atoms with Crippen LogP contribution < -0.4 is 0 Å². The highest BCUT2D eigenvalue weighted by molar-refractivity contribution is 6.30. The Balaban J connectivity index is 2.44. The fourth-order valence-electron chi connectivity index (χ4n) is 1.45. The molecule has 2 nitrogen and oxygen atoms in total. The molecule has 0 saturated carbocycles. The highest BCUT2D eigenvalue weighted by atomic mass is 35.5. The Kier molecular flexibility index (Phi) is 2.55. The van der Waals surface area contributed by atoms with Crippen molar-refractivity contribution in [2.24, 2.45) is 0 Å². The van der Waals surface area contributed by atoms with E-state index in [-0.39, 0.29) is 0 Å². The van der Waals surface area contributed by atoms with Gasteiger partial charge in [-0.25, -0.2) is 4.98 Å². The van der Waals surface area contributed by atoms with Gasteiger partial charge in [-0.2, -0.15) is 0 Å². The molecule has 1 aromatic heterocycles. The van der Waals surface area contributed by atoms with Crippen LogP contribution in [0.25, 0.3) is 11.3 Å². The number of aromatic amines is 1. The number of rotatable bonds is 2. The molecule has 0 atom stereocenters. The second-order valence-electron chi connectivity index (χ2n) is 3.09. The quantitative estimate of drug-likeness (QED) is 0.803. The first-order valence-electron chi connectivity index (χ1n) is 4.59. The molecule has 0 spiro atoms. The van der Waals surface area contributed by atoms with Crippen molar-refractivity contribution in [2.45, 2.75) is 13.3 Å². The van der Waals surface area contributed by atoms with Crippen LogP contribution in [0.4, 0.5) is 0 Å². The van der Waals surface area contributed by atoms with Crippen molar-refractivity contribution in [3.05, 3.63) is 41.3 Å². The lowest BCUT2D eigenvalue weighted by Crippen LogP contribution is -1.85. The van der Waals surface area contributed by atoms with E-state index in [0.29, 0.717) is 0 Å². The van der Waals surface area contributed by atoms with Crippen molar-refractivity contribution in [3.63, 3.8) is 0 Å². The monoisotopic (exact) mass is 206 g/mol. The zero-order valence-corrected chi connectivity index (χ0v) is 8.67. The van der Waals surface area contributed by atoms with E-state index in [1.54, 1.807) is 6.33 Å². The number of hydrogen-bond donors (Lipinski definition) is 1. The van der Waals surface area contributed by atoms with Gasteiger partial charge in [0, 0.05) is 16.3 Å². The van der Waals surface area contributed by atoms with Gasteiger partial charge in [-0.05, 0) is 18.6 Å². The summed E-state index contributed by atoms with van der Waals surface area (Å²) in [6.45, 7) is 2.10. The summed E-state index contributed by atoms with van der Waals surface area (Å²) in [7, 11) is 0. The Hall–Kier alpha value is -1.28. The SMILES string of the molecule is CCc1[nH]cnc1-c1ccc(Cl)cc1. The fraction of sp³-hybridized carbons (Fsp3) is 0.182. The number of H-pyrrole nitrogens is 1. The molecule has 1 aromatic carbocycles. The van der Waals surface area contributed by atoms with E-state index >= 15 is 0 Å². The lowest BCUT2D eigenvalue weighted by atomic mass is 10.1. The van der Waals surface area contributed by atoms with Crippen molar-refractivity contribution >= 4 is 11.6 Å². The van der Waals surface area contributed by atoms with Gasteiger partial charge in [-0.15, -0.1) is 0 Å². The van der Waals surface area contributed by atoms with E-state index in [1.807, 2.05) is 24.3 Å². The van der Waals surface area contributed by atoms with Crippen LogP contribution in [0.5, 0.6) is 0 Å². The molecule has 2 aromatic rings. The van der Waals surface area contributed by atoms with Crippen LogP contribution in [-0.2, 0) is 6.42 Å². The van der Waals surface area contributed by atoms with E-state index in [2.05, 4.69) is 16.9 Å². The number of imidazole rings is 1. The predicted octanol–water partition coefficient (Wildman–Crippen LogP) is 3.29. The zero-order valence-electron chi connectivity index (χ0n) is 7.92. The van der Waals surface area contributed by atoms with Crippen LogP contribution in [0, 0.1) is 0 Å². The first-order chi connectivity index (χ1) is 6.81. The topological polar surface area (TPSA) is 28.7 Å². The van der Waals surface area contributed by atoms with Gasteiger partial charge in [0.15, 0.2) is 0 Å². The Bertz CT molecular complexity index is 417. The number of aromatic nitrogens is 2. The number of hydrogen-bond acceptors (Lipinski definition) is 1. The van der Waals surface area contributed by atoms with E-state index in [4.69, 9.17) is 11.6 Å². The van der Waals surface area contributed by atoms with Crippen LogP contribution in [0.2, 0.25) is 5.02 Å². The third-order valence-corrected chi connectivity index (χ3v) is 2.44. The van der Waals surface area contributed by atoms with Gasteiger partial charge in [0.2, 0.25) is 0 Å². The number of aryl methyl sites for hydroxylation is 1. The van der Waals surface area contributed by atoms with Crippen LogP contribution >= 0.6 is 11.6 Å². The molecule has 1 N–H and O–H groups in total. The minimum absolute atomic E-state index is 0.752. The molecule has 0 radical (unpaired) electrons. The number of benzene rings is 1. The summed E-state index contributed by atoms with van der Waals surface area (Å²) < 4.78 is 0. The third-order valence-electron chi connectivity index (χ3n) is 2.19. The van der Waals surface area contributed by atoms with Gasteiger partial charge in [-0.1, -0.05) is 30.7 Å². The van der Waals surface area contributed by atoms with Crippen LogP contribution in [-0.4, -0.2) is 9.97 Å². The smallest absolute Gasteiger partial charge is 0.0929 e. The highest BCUT2D eigenvalue weighted by Gasteiger charge is 2.05. The lowest BCUT2D eigenvalue weighted by molar-refractivity contribution is 1.07. The highest BCUT2D eigenvalue weighted by Crippen LogP contribution is 2.22. The summed E-state index contributed by atoms with van der Waals surface area (Å²) in [5.41, 5.74) is 3.28. The largest absolute Gasteiger partial charge is 0.348 e. The fourth-order valence-corrected chi connectivity index (χ4v) is 1.57. The van der Waals surface area contributed by atoms with E-state index in [9.17, 15) is 0 Å². The minimum Gasteiger partial charge on any atom is -0.348 e. The van der Waals surface area contributed by atoms with Crippen LogP contribution in [0.3, 0.4) is 0 Å². The lowest BCUT2D eigenvalue weighted by Gasteiger charge is -2.00. The molecular weight excluding hydrogens is 196 g/mol. The van der Waals surface area contributed by atoms with Gasteiger partial charge >= 0.3 is 0 Å². The van der Waals surface area contributed by atoms with E-state index < -0.39 is 0 Å². The third kappa shape index (κ3) is 1.66. The molecular formula is C11H11ClN2. The molecule has 0 aliphatic carbocycles. The van der Waals surface area contributed by atoms with Crippen molar-refractivity contribution in [1.82, 2.24) is 9.97 Å². The Morgan fingerprint density at radius 1 is 1.29 bits per heavy atom. The molecule has 14 heavy (non-hydrogen) atoms. The molecule has 0 fully saturated rings. The summed E-state index contributed by atoms with van der Waals surface area (Å²) in [6.07, 6.45) is 2.68. The summed E-state index contributed by atoms with van der Waals surface area (Å²) in [5.74, 6) is 0. The maximum atomic E-state index is 5.82. The summed E-state index contributed by atoms with van der Waals surface area (Å²) in [6, 6.07) is 7.73. The average Bonchev–Trinajstić information content (AvgIpc) is 2.67. The first kappa shape index (κ1) is 9.28. The van der Waals surface area contributed by atoms with Crippen molar-refractivity contribution in [2.75, 3.05) is 0 Å². The minimum atomic E-state index is 0.752. The molecule has 3 heteroatoms. The molecule has 0 aliphatic rings. The van der Waals surface area contributed by atoms with Crippen molar-refractivity contribution in [1.29, 1.82) is 0 Å². The zero-order chi connectivity index (χ0) is 9.97. The maximum absolute atomic E-state index is 5.82. The Morgan fingerprint density at radius 2 is 2.00 bits per heavy atom. The number of nitrogens with one attached hydrogen (secondary N) is 1.